The molecule has 4 heteroatoms. The summed E-state index contributed by atoms with van der Waals surface area (Å²) in [4.78, 5) is 13.6. The topological polar surface area (TPSA) is 38.8 Å². The molecule has 0 aliphatic carbocycles. The van der Waals surface area contributed by atoms with E-state index in [9.17, 15) is 4.79 Å². The van der Waals surface area contributed by atoms with Crippen LogP contribution in [0.2, 0.25) is 0 Å². The first-order valence-electron chi connectivity index (χ1n) is 6.33. The Balaban J connectivity index is 1.94. The zero-order chi connectivity index (χ0) is 13.0. The van der Waals surface area contributed by atoms with Crippen molar-refractivity contribution in [3.8, 4) is 11.5 Å². The number of fused-ring (bicyclic) bond motifs is 1. The highest BCUT2D eigenvalue weighted by Crippen LogP contribution is 2.32. The first-order chi connectivity index (χ1) is 8.70. The first-order valence-corrected chi connectivity index (χ1v) is 6.33. The predicted molar refractivity (Wildman–Crippen MR) is 68.6 cm³/mol. The van der Waals surface area contributed by atoms with E-state index in [0.29, 0.717) is 13.0 Å². The zero-order valence-electron chi connectivity index (χ0n) is 10.9. The molecule has 0 unspecified atom stereocenters. The fraction of sp³-hybridized carbons (Fsp3) is 0.500. The number of benzene rings is 1. The fourth-order valence-corrected chi connectivity index (χ4v) is 1.92. The predicted octanol–water partition coefficient (Wildman–Crippen LogP) is 2.56. The second-order valence-electron chi connectivity index (χ2n) is 4.54. The number of unbranched alkanes of at least 4 members (excludes halogenated alkanes) is 1. The summed E-state index contributed by atoms with van der Waals surface area (Å²) in [5, 5.41) is 0. The summed E-state index contributed by atoms with van der Waals surface area (Å²) in [5.74, 6) is 1.73. The van der Waals surface area contributed by atoms with Crippen LogP contribution in [0.4, 0.5) is 0 Å². The Morgan fingerprint density at radius 1 is 1.33 bits per heavy atom. The minimum atomic E-state index is 0.189. The Morgan fingerprint density at radius 2 is 2.11 bits per heavy atom. The molecule has 0 aromatic heterocycles. The Bertz CT molecular complexity index is 431. The molecule has 0 fully saturated rings. The molecule has 1 amide bonds. The lowest BCUT2D eigenvalue weighted by atomic mass is 10.1. The summed E-state index contributed by atoms with van der Waals surface area (Å²) in [6.45, 7) is 2.98. The summed E-state index contributed by atoms with van der Waals surface area (Å²) in [6.07, 6.45) is 2.62. The lowest BCUT2D eigenvalue weighted by molar-refractivity contribution is -0.130. The molecule has 0 saturated carbocycles. The van der Waals surface area contributed by atoms with Crippen LogP contribution in [0.3, 0.4) is 0 Å². The molecule has 0 atom stereocenters. The van der Waals surface area contributed by atoms with Crippen molar-refractivity contribution in [3.05, 3.63) is 23.8 Å². The Morgan fingerprint density at radius 3 is 2.89 bits per heavy atom. The number of carbonyl (C=O) groups is 1. The molecular weight excluding hydrogens is 230 g/mol. The van der Waals surface area contributed by atoms with Crippen LogP contribution in [0.5, 0.6) is 11.5 Å². The number of ether oxygens (including phenoxy) is 2. The highest BCUT2D eigenvalue weighted by molar-refractivity contribution is 5.75. The number of carbonyl (C=O) groups excluding carboxylic acids is 1. The largest absolute Gasteiger partial charge is 0.454 e. The second-order valence-corrected chi connectivity index (χ2v) is 4.54. The van der Waals surface area contributed by atoms with Gasteiger partial charge in [-0.2, -0.15) is 0 Å². The summed E-state index contributed by atoms with van der Waals surface area (Å²) in [7, 11) is 1.84. The van der Waals surface area contributed by atoms with Crippen molar-refractivity contribution in [1.29, 1.82) is 0 Å². The summed E-state index contributed by atoms with van der Waals surface area (Å²) >= 11 is 0. The van der Waals surface area contributed by atoms with Gasteiger partial charge in [-0.1, -0.05) is 19.4 Å². The minimum Gasteiger partial charge on any atom is -0.454 e. The Labute approximate surface area is 107 Å². The van der Waals surface area contributed by atoms with Crippen LogP contribution in [0.25, 0.3) is 0 Å². The van der Waals surface area contributed by atoms with E-state index in [1.807, 2.05) is 25.2 Å². The molecule has 0 saturated heterocycles. The third-order valence-corrected chi connectivity index (χ3v) is 3.03. The van der Waals surface area contributed by atoms with Crippen LogP contribution < -0.4 is 9.47 Å². The van der Waals surface area contributed by atoms with Gasteiger partial charge in [-0.25, -0.2) is 0 Å². The van der Waals surface area contributed by atoms with Gasteiger partial charge in [-0.15, -0.1) is 0 Å². The summed E-state index contributed by atoms with van der Waals surface area (Å²) in [5.41, 5.74) is 1.06. The molecule has 0 radical (unpaired) electrons. The molecule has 1 heterocycles. The third-order valence-electron chi connectivity index (χ3n) is 3.03. The molecule has 0 bridgehead atoms. The number of nitrogens with zero attached hydrogens (tertiary/aromatic N) is 1. The van der Waals surface area contributed by atoms with Crippen molar-refractivity contribution < 1.29 is 14.3 Å². The molecule has 1 aliphatic heterocycles. The SMILES string of the molecule is CCCCC(=O)N(C)Cc1ccc2c(c1)OCO2. The average molecular weight is 249 g/mol. The van der Waals surface area contributed by atoms with E-state index in [1.165, 1.54) is 0 Å². The van der Waals surface area contributed by atoms with E-state index in [0.717, 1.165) is 29.9 Å². The number of hydrogen-bond acceptors (Lipinski definition) is 3. The van der Waals surface area contributed by atoms with Gasteiger partial charge in [0, 0.05) is 20.0 Å². The van der Waals surface area contributed by atoms with Gasteiger partial charge < -0.3 is 14.4 Å². The van der Waals surface area contributed by atoms with E-state index in [2.05, 4.69) is 6.92 Å². The van der Waals surface area contributed by atoms with Gasteiger partial charge in [0.1, 0.15) is 0 Å². The molecule has 18 heavy (non-hydrogen) atoms. The van der Waals surface area contributed by atoms with Gasteiger partial charge >= 0.3 is 0 Å². The van der Waals surface area contributed by atoms with E-state index < -0.39 is 0 Å². The smallest absolute Gasteiger partial charge is 0.231 e. The highest BCUT2D eigenvalue weighted by Gasteiger charge is 2.15. The fourth-order valence-electron chi connectivity index (χ4n) is 1.92. The van der Waals surface area contributed by atoms with Crippen molar-refractivity contribution in [2.75, 3.05) is 13.8 Å². The maximum atomic E-state index is 11.8. The van der Waals surface area contributed by atoms with Crippen molar-refractivity contribution >= 4 is 5.91 Å². The van der Waals surface area contributed by atoms with E-state index >= 15 is 0 Å². The summed E-state index contributed by atoms with van der Waals surface area (Å²) in [6, 6.07) is 5.80. The van der Waals surface area contributed by atoms with Crippen molar-refractivity contribution in [2.45, 2.75) is 32.7 Å². The number of amides is 1. The van der Waals surface area contributed by atoms with Gasteiger partial charge in [-0.05, 0) is 24.1 Å². The number of hydrogen-bond donors (Lipinski definition) is 0. The molecule has 0 N–H and O–H groups in total. The lowest BCUT2D eigenvalue weighted by Gasteiger charge is -2.17. The molecule has 1 aromatic carbocycles. The van der Waals surface area contributed by atoms with Crippen LogP contribution in [-0.4, -0.2) is 24.6 Å². The van der Waals surface area contributed by atoms with Crippen LogP contribution >= 0.6 is 0 Å². The van der Waals surface area contributed by atoms with Crippen LogP contribution in [0.1, 0.15) is 31.7 Å². The molecule has 4 nitrogen and oxygen atoms in total. The molecule has 2 rings (SSSR count). The van der Waals surface area contributed by atoms with Crippen molar-refractivity contribution in [3.63, 3.8) is 0 Å². The van der Waals surface area contributed by atoms with Crippen LogP contribution in [-0.2, 0) is 11.3 Å². The number of rotatable bonds is 5. The Kier molecular flexibility index (Phi) is 4.07. The minimum absolute atomic E-state index is 0.189. The van der Waals surface area contributed by atoms with Gasteiger partial charge in [-0.3, -0.25) is 4.79 Å². The van der Waals surface area contributed by atoms with E-state index in [1.54, 1.807) is 4.90 Å². The zero-order valence-corrected chi connectivity index (χ0v) is 10.9. The monoisotopic (exact) mass is 249 g/mol. The van der Waals surface area contributed by atoms with Crippen molar-refractivity contribution in [2.24, 2.45) is 0 Å². The summed E-state index contributed by atoms with van der Waals surface area (Å²) < 4.78 is 10.6. The molecular formula is C14H19NO3. The maximum absolute atomic E-state index is 11.8. The second kappa shape index (κ2) is 5.76. The Hall–Kier alpha value is -1.71. The van der Waals surface area contributed by atoms with Crippen LogP contribution in [0.15, 0.2) is 18.2 Å². The maximum Gasteiger partial charge on any atom is 0.231 e. The van der Waals surface area contributed by atoms with Gasteiger partial charge in [0.2, 0.25) is 12.7 Å². The van der Waals surface area contributed by atoms with Gasteiger partial charge in [0.25, 0.3) is 0 Å². The molecule has 1 aliphatic rings. The molecule has 0 spiro atoms. The molecule has 98 valence electrons. The average Bonchev–Trinajstić information content (AvgIpc) is 2.83. The lowest BCUT2D eigenvalue weighted by Crippen LogP contribution is -2.25. The normalized spacial score (nSPS) is 12.6. The van der Waals surface area contributed by atoms with E-state index in [4.69, 9.17) is 9.47 Å². The van der Waals surface area contributed by atoms with Crippen LogP contribution in [0, 0.1) is 0 Å². The first kappa shape index (κ1) is 12.7. The van der Waals surface area contributed by atoms with E-state index in [-0.39, 0.29) is 12.7 Å². The highest BCUT2D eigenvalue weighted by atomic mass is 16.7. The third kappa shape index (κ3) is 2.94. The van der Waals surface area contributed by atoms with Gasteiger partial charge in [0.15, 0.2) is 11.5 Å². The standard InChI is InChI=1S/C14H19NO3/c1-3-4-5-14(16)15(2)9-11-6-7-12-13(8-11)18-10-17-12/h6-8H,3-5,9-10H2,1-2H3. The van der Waals surface area contributed by atoms with Gasteiger partial charge in [0.05, 0.1) is 0 Å². The molecule has 1 aromatic rings. The van der Waals surface area contributed by atoms with Crippen molar-refractivity contribution in [1.82, 2.24) is 4.90 Å². The quantitative estimate of drug-likeness (QED) is 0.805.